The van der Waals surface area contributed by atoms with Gasteiger partial charge in [0.2, 0.25) is 5.95 Å². The Bertz CT molecular complexity index is 488. The molecule has 0 spiro atoms. The second-order valence-corrected chi connectivity index (χ2v) is 3.74. The molecule has 0 amide bonds. The van der Waals surface area contributed by atoms with E-state index in [1.807, 2.05) is 30.9 Å². The number of nitrogens with zero attached hydrogens (tertiary/aromatic N) is 3. The smallest absolute Gasteiger partial charge is 0.226 e. The molecule has 86 valence electrons. The number of aryl methyl sites for hydroxylation is 1. The lowest BCUT2D eigenvalue weighted by atomic mass is 10.4. The van der Waals surface area contributed by atoms with E-state index in [0.717, 1.165) is 29.8 Å². The third-order valence-corrected chi connectivity index (χ3v) is 2.49. The molecule has 0 saturated heterocycles. The van der Waals surface area contributed by atoms with E-state index < -0.39 is 0 Å². The Balaban J connectivity index is 2.48. The molecule has 0 fully saturated rings. The SMILES string of the molecule is CCCNc1nc(NC)c2ccn(C)c2n1. The molecule has 0 saturated carbocycles. The van der Waals surface area contributed by atoms with Gasteiger partial charge in [0.1, 0.15) is 11.5 Å². The Kier molecular flexibility index (Phi) is 2.94. The predicted molar refractivity (Wildman–Crippen MR) is 66.8 cm³/mol. The molecular formula is C11H17N5. The van der Waals surface area contributed by atoms with Gasteiger partial charge in [0.15, 0.2) is 0 Å². The van der Waals surface area contributed by atoms with Crippen LogP contribution in [0.3, 0.4) is 0 Å². The molecule has 2 aromatic heterocycles. The summed E-state index contributed by atoms with van der Waals surface area (Å²) in [6, 6.07) is 2.02. The first-order valence-corrected chi connectivity index (χ1v) is 5.51. The van der Waals surface area contributed by atoms with Crippen LogP contribution in [0.25, 0.3) is 11.0 Å². The van der Waals surface area contributed by atoms with Crippen molar-refractivity contribution in [3.8, 4) is 0 Å². The normalized spacial score (nSPS) is 10.7. The summed E-state index contributed by atoms with van der Waals surface area (Å²) in [7, 11) is 3.86. The van der Waals surface area contributed by atoms with Crippen molar-refractivity contribution in [1.82, 2.24) is 14.5 Å². The van der Waals surface area contributed by atoms with E-state index in [0.29, 0.717) is 5.95 Å². The second-order valence-electron chi connectivity index (χ2n) is 3.74. The van der Waals surface area contributed by atoms with Crippen molar-refractivity contribution >= 4 is 22.8 Å². The summed E-state index contributed by atoms with van der Waals surface area (Å²) in [6.45, 7) is 3.01. The highest BCUT2D eigenvalue weighted by Gasteiger charge is 2.08. The monoisotopic (exact) mass is 219 g/mol. The molecule has 2 aromatic rings. The van der Waals surface area contributed by atoms with Crippen LogP contribution in [-0.4, -0.2) is 28.1 Å². The van der Waals surface area contributed by atoms with Gasteiger partial charge >= 0.3 is 0 Å². The van der Waals surface area contributed by atoms with Crippen LogP contribution in [0.4, 0.5) is 11.8 Å². The highest BCUT2D eigenvalue weighted by molar-refractivity contribution is 5.88. The molecule has 0 aromatic carbocycles. The Morgan fingerprint density at radius 1 is 1.38 bits per heavy atom. The molecular weight excluding hydrogens is 202 g/mol. The number of hydrogen-bond acceptors (Lipinski definition) is 4. The van der Waals surface area contributed by atoms with Crippen LogP contribution >= 0.6 is 0 Å². The summed E-state index contributed by atoms with van der Waals surface area (Å²) in [5, 5.41) is 7.35. The minimum absolute atomic E-state index is 0.681. The van der Waals surface area contributed by atoms with E-state index in [9.17, 15) is 0 Å². The maximum absolute atomic E-state index is 4.48. The van der Waals surface area contributed by atoms with E-state index >= 15 is 0 Å². The van der Waals surface area contributed by atoms with Crippen LogP contribution in [0.5, 0.6) is 0 Å². The van der Waals surface area contributed by atoms with Gasteiger partial charge in [-0.3, -0.25) is 0 Å². The van der Waals surface area contributed by atoms with Gasteiger partial charge in [0.25, 0.3) is 0 Å². The average Bonchev–Trinajstić information content (AvgIpc) is 2.68. The molecule has 0 aliphatic heterocycles. The lowest BCUT2D eigenvalue weighted by Gasteiger charge is -2.07. The van der Waals surface area contributed by atoms with Crippen molar-refractivity contribution < 1.29 is 0 Å². The van der Waals surface area contributed by atoms with Crippen LogP contribution in [0, 0.1) is 0 Å². The van der Waals surface area contributed by atoms with Gasteiger partial charge in [-0.05, 0) is 12.5 Å². The van der Waals surface area contributed by atoms with Gasteiger partial charge in [0.05, 0.1) is 5.39 Å². The number of hydrogen-bond donors (Lipinski definition) is 2. The molecule has 0 unspecified atom stereocenters. The Hall–Kier alpha value is -1.78. The average molecular weight is 219 g/mol. The quantitative estimate of drug-likeness (QED) is 0.823. The first-order valence-electron chi connectivity index (χ1n) is 5.51. The van der Waals surface area contributed by atoms with Gasteiger partial charge in [-0.2, -0.15) is 9.97 Å². The van der Waals surface area contributed by atoms with Crippen molar-refractivity contribution in [2.75, 3.05) is 24.2 Å². The third-order valence-electron chi connectivity index (χ3n) is 2.49. The molecule has 2 heterocycles. The summed E-state index contributed by atoms with van der Waals surface area (Å²) in [5.74, 6) is 1.55. The Morgan fingerprint density at radius 2 is 2.19 bits per heavy atom. The van der Waals surface area contributed by atoms with Crippen molar-refractivity contribution in [2.45, 2.75) is 13.3 Å². The Labute approximate surface area is 94.9 Å². The fraction of sp³-hybridized carbons (Fsp3) is 0.455. The first kappa shape index (κ1) is 10.7. The van der Waals surface area contributed by atoms with Crippen LogP contribution < -0.4 is 10.6 Å². The standard InChI is InChI=1S/C11H17N5/c1-4-6-13-11-14-9(12-2)8-5-7-16(3)10(8)15-11/h5,7H,4,6H2,1-3H3,(H2,12,13,14,15). The number of rotatable bonds is 4. The van der Waals surface area contributed by atoms with Gasteiger partial charge in [-0.1, -0.05) is 6.92 Å². The highest BCUT2D eigenvalue weighted by atomic mass is 15.2. The second kappa shape index (κ2) is 4.38. The number of aromatic nitrogens is 3. The minimum atomic E-state index is 0.681. The highest BCUT2D eigenvalue weighted by Crippen LogP contribution is 2.21. The topological polar surface area (TPSA) is 54.8 Å². The maximum Gasteiger partial charge on any atom is 0.226 e. The van der Waals surface area contributed by atoms with E-state index in [1.165, 1.54) is 0 Å². The number of nitrogens with one attached hydrogen (secondary N) is 2. The third kappa shape index (κ3) is 1.80. The zero-order valence-corrected chi connectivity index (χ0v) is 9.91. The molecule has 16 heavy (non-hydrogen) atoms. The molecule has 0 bridgehead atoms. The maximum atomic E-state index is 4.48. The summed E-state index contributed by atoms with van der Waals surface area (Å²) < 4.78 is 2.00. The summed E-state index contributed by atoms with van der Waals surface area (Å²) in [5.41, 5.74) is 0.943. The summed E-state index contributed by atoms with van der Waals surface area (Å²) in [6.07, 6.45) is 3.05. The van der Waals surface area contributed by atoms with E-state index in [4.69, 9.17) is 0 Å². The van der Waals surface area contributed by atoms with Gasteiger partial charge in [-0.25, -0.2) is 0 Å². The van der Waals surface area contributed by atoms with Gasteiger partial charge in [-0.15, -0.1) is 0 Å². The number of fused-ring (bicyclic) bond motifs is 1. The van der Waals surface area contributed by atoms with E-state index in [-0.39, 0.29) is 0 Å². The van der Waals surface area contributed by atoms with E-state index in [2.05, 4.69) is 27.5 Å². The fourth-order valence-electron chi connectivity index (χ4n) is 1.64. The van der Waals surface area contributed by atoms with Crippen LogP contribution in [-0.2, 0) is 7.05 Å². The Morgan fingerprint density at radius 3 is 2.88 bits per heavy atom. The molecule has 2 rings (SSSR count). The molecule has 0 radical (unpaired) electrons. The van der Waals surface area contributed by atoms with Crippen molar-refractivity contribution in [1.29, 1.82) is 0 Å². The van der Waals surface area contributed by atoms with Crippen LogP contribution in [0.2, 0.25) is 0 Å². The molecule has 5 nitrogen and oxygen atoms in total. The summed E-state index contributed by atoms with van der Waals surface area (Å²) >= 11 is 0. The minimum Gasteiger partial charge on any atom is -0.372 e. The first-order chi connectivity index (χ1) is 7.76. The van der Waals surface area contributed by atoms with Crippen LogP contribution in [0.15, 0.2) is 12.3 Å². The largest absolute Gasteiger partial charge is 0.372 e. The van der Waals surface area contributed by atoms with Crippen molar-refractivity contribution in [2.24, 2.45) is 7.05 Å². The summed E-state index contributed by atoms with van der Waals surface area (Å²) in [4.78, 5) is 8.91. The molecule has 0 aliphatic rings. The van der Waals surface area contributed by atoms with Crippen molar-refractivity contribution in [3.63, 3.8) is 0 Å². The predicted octanol–water partition coefficient (Wildman–Crippen LogP) is 1.83. The molecule has 0 aliphatic carbocycles. The zero-order valence-electron chi connectivity index (χ0n) is 9.91. The van der Waals surface area contributed by atoms with Gasteiger partial charge < -0.3 is 15.2 Å². The van der Waals surface area contributed by atoms with Gasteiger partial charge in [0, 0.05) is 26.8 Å². The molecule has 0 atom stereocenters. The number of anilines is 2. The van der Waals surface area contributed by atoms with E-state index in [1.54, 1.807) is 0 Å². The van der Waals surface area contributed by atoms with Crippen molar-refractivity contribution in [3.05, 3.63) is 12.3 Å². The van der Waals surface area contributed by atoms with Crippen LogP contribution in [0.1, 0.15) is 13.3 Å². The molecule has 2 N–H and O–H groups in total. The lowest BCUT2D eigenvalue weighted by Crippen LogP contribution is -2.07. The fourth-order valence-corrected chi connectivity index (χ4v) is 1.64. The zero-order chi connectivity index (χ0) is 11.5. The lowest BCUT2D eigenvalue weighted by molar-refractivity contribution is 0.928. The molecule has 5 heteroatoms.